The zero-order valence-corrected chi connectivity index (χ0v) is 49.5. The van der Waals surface area contributed by atoms with Crippen LogP contribution in [0.25, 0.3) is 0 Å². The van der Waals surface area contributed by atoms with Gasteiger partial charge in [-0.1, -0.05) is 263 Å². The van der Waals surface area contributed by atoms with E-state index in [2.05, 4.69) is 57.2 Å². The number of hydrogen-bond acceptors (Lipinski definition) is 11. The maximum absolute atomic E-state index is 13.2. The summed E-state index contributed by atoms with van der Waals surface area (Å²) in [5.74, 6) is -3.10. The van der Waals surface area contributed by atoms with E-state index in [-0.39, 0.29) is 25.9 Å². The second-order valence-corrected chi connectivity index (χ2v) is 22.1. The molecule has 1 heterocycles. The van der Waals surface area contributed by atoms with Gasteiger partial charge in [0, 0.05) is 19.3 Å². The molecular weight excluding hydrogens is 973 g/mol. The molecular formula is C65H116O12. The number of unbranched alkanes of at least 4 members (excludes halogenated alkanes) is 35. The number of hydrogen-bond donors (Lipinski definition) is 3. The van der Waals surface area contributed by atoms with E-state index in [1.54, 1.807) is 0 Å². The quantitative estimate of drug-likeness (QED) is 0.0228. The van der Waals surface area contributed by atoms with Crippen molar-refractivity contribution >= 4 is 23.9 Å². The molecule has 3 N–H and O–H groups in total. The summed E-state index contributed by atoms with van der Waals surface area (Å²) in [4.78, 5) is 51.2. The fraction of sp³-hybridized carbons (Fsp3) is 0.846. The maximum atomic E-state index is 13.2. The Kier molecular flexibility index (Phi) is 50.1. The minimum atomic E-state index is -1.90. The molecule has 0 aromatic carbocycles. The van der Waals surface area contributed by atoms with Gasteiger partial charge in [0.25, 0.3) is 0 Å². The second-order valence-electron chi connectivity index (χ2n) is 22.1. The molecule has 0 spiro atoms. The highest BCUT2D eigenvalue weighted by Gasteiger charge is 2.50. The molecule has 12 heteroatoms. The lowest BCUT2D eigenvalue weighted by atomic mass is 9.98. The Morgan fingerprint density at radius 2 is 0.779 bits per heavy atom. The number of carbonyl (C=O) groups is 4. The summed E-state index contributed by atoms with van der Waals surface area (Å²) >= 11 is 0. The van der Waals surface area contributed by atoms with Crippen LogP contribution < -0.4 is 0 Å². The van der Waals surface area contributed by atoms with E-state index in [1.165, 1.54) is 148 Å². The van der Waals surface area contributed by atoms with Gasteiger partial charge >= 0.3 is 23.9 Å². The molecule has 1 fully saturated rings. The van der Waals surface area contributed by atoms with Crippen LogP contribution in [0, 0.1) is 0 Å². The molecule has 0 saturated carbocycles. The molecule has 448 valence electrons. The minimum Gasteiger partial charge on any atom is -0.479 e. The largest absolute Gasteiger partial charge is 0.479 e. The fourth-order valence-corrected chi connectivity index (χ4v) is 9.79. The Morgan fingerprint density at radius 3 is 1.21 bits per heavy atom. The molecule has 1 saturated heterocycles. The molecule has 0 aromatic rings. The lowest BCUT2D eigenvalue weighted by Crippen LogP contribution is -2.61. The summed E-state index contributed by atoms with van der Waals surface area (Å²) in [6.07, 6.45) is 51.1. The van der Waals surface area contributed by atoms with E-state index >= 15 is 0 Å². The van der Waals surface area contributed by atoms with Gasteiger partial charge in [-0.2, -0.15) is 0 Å². The molecule has 6 atom stereocenters. The van der Waals surface area contributed by atoms with E-state index in [1.807, 2.05) is 0 Å². The van der Waals surface area contributed by atoms with Gasteiger partial charge in [-0.15, -0.1) is 0 Å². The lowest BCUT2D eigenvalue weighted by Gasteiger charge is -2.40. The standard InChI is InChI=1S/C65H116O12/c1-4-7-10-13-16-19-22-24-26-28-29-31-32-34-37-39-42-45-48-51-57(66)73-54-56(75-58(67)52-49-46-43-41-38-35-33-30-27-25-23-20-17-14-11-8-5-2)55-74-65-63(61(70)60(69)62(77-65)64(71)72)76-59(68)53-50-47-44-40-36-21-18-15-12-9-6-3/h16,19,24,26,29,31,56,60-63,65,69-70H,4-15,17-18,20-23,25,27-28,30,32-55H2,1-3H3,(H,71,72)/b19-16-,26-24-,31-29-. The summed E-state index contributed by atoms with van der Waals surface area (Å²) in [5, 5.41) is 31.5. The highest BCUT2D eigenvalue weighted by Crippen LogP contribution is 2.27. The van der Waals surface area contributed by atoms with Crippen LogP contribution in [0.15, 0.2) is 36.5 Å². The number of carboxylic acids is 1. The molecule has 0 aliphatic carbocycles. The van der Waals surface area contributed by atoms with Gasteiger partial charge in [-0.3, -0.25) is 14.4 Å². The number of esters is 3. The number of rotatable bonds is 55. The first-order chi connectivity index (χ1) is 37.6. The highest BCUT2D eigenvalue weighted by atomic mass is 16.7. The van der Waals surface area contributed by atoms with Gasteiger partial charge in [0.1, 0.15) is 18.8 Å². The normalized spacial score (nSPS) is 18.2. The third-order valence-electron chi connectivity index (χ3n) is 14.7. The zero-order chi connectivity index (χ0) is 56.1. The number of ether oxygens (including phenoxy) is 5. The highest BCUT2D eigenvalue weighted by molar-refractivity contribution is 5.74. The average Bonchev–Trinajstić information content (AvgIpc) is 3.42. The van der Waals surface area contributed by atoms with Crippen LogP contribution in [0.5, 0.6) is 0 Å². The number of carbonyl (C=O) groups excluding carboxylic acids is 3. The molecule has 0 bridgehead atoms. The smallest absolute Gasteiger partial charge is 0.335 e. The van der Waals surface area contributed by atoms with Crippen LogP contribution >= 0.6 is 0 Å². The topological polar surface area (TPSA) is 175 Å². The number of aliphatic carboxylic acids is 1. The van der Waals surface area contributed by atoms with Crippen LogP contribution in [-0.4, -0.2) is 89.2 Å². The van der Waals surface area contributed by atoms with Crippen molar-refractivity contribution < 1.29 is 58.2 Å². The Hall–Kier alpha value is -3.06. The van der Waals surface area contributed by atoms with Crippen molar-refractivity contribution in [2.24, 2.45) is 0 Å². The zero-order valence-electron chi connectivity index (χ0n) is 49.5. The monoisotopic (exact) mass is 1090 g/mol. The lowest BCUT2D eigenvalue weighted by molar-refractivity contribution is -0.301. The summed E-state index contributed by atoms with van der Waals surface area (Å²) < 4.78 is 28.5. The van der Waals surface area contributed by atoms with Gasteiger partial charge in [0.05, 0.1) is 6.61 Å². The first-order valence-corrected chi connectivity index (χ1v) is 32.0. The SMILES string of the molecule is CCCCC/C=C\C/C=C\C/C=C\CCCCCCCCC(=O)OCC(COC1OC(C(=O)O)C(O)C(O)C1OC(=O)CCCCCCCCCCCCC)OC(=O)CCCCCCCCCCCCCCCCCCC. The van der Waals surface area contributed by atoms with Crippen molar-refractivity contribution in [3.8, 4) is 0 Å². The predicted octanol–water partition coefficient (Wildman–Crippen LogP) is 16.8. The Balaban J connectivity index is 2.65. The van der Waals surface area contributed by atoms with Gasteiger partial charge < -0.3 is 39.0 Å². The number of carboxylic acid groups (broad SMARTS) is 1. The maximum Gasteiger partial charge on any atom is 0.335 e. The summed E-state index contributed by atoms with van der Waals surface area (Å²) in [6, 6.07) is 0. The molecule has 77 heavy (non-hydrogen) atoms. The van der Waals surface area contributed by atoms with Crippen molar-refractivity contribution in [3.05, 3.63) is 36.5 Å². The minimum absolute atomic E-state index is 0.0643. The van der Waals surface area contributed by atoms with E-state index in [0.29, 0.717) is 19.3 Å². The van der Waals surface area contributed by atoms with E-state index < -0.39 is 67.3 Å². The van der Waals surface area contributed by atoms with Crippen molar-refractivity contribution in [3.63, 3.8) is 0 Å². The van der Waals surface area contributed by atoms with Crippen LogP contribution in [0.3, 0.4) is 0 Å². The van der Waals surface area contributed by atoms with E-state index in [0.717, 1.165) is 96.3 Å². The van der Waals surface area contributed by atoms with Crippen LogP contribution in [0.1, 0.15) is 303 Å². The van der Waals surface area contributed by atoms with Gasteiger partial charge in [-0.25, -0.2) is 4.79 Å². The molecule has 0 amide bonds. The Morgan fingerprint density at radius 1 is 0.429 bits per heavy atom. The van der Waals surface area contributed by atoms with Crippen molar-refractivity contribution in [1.82, 2.24) is 0 Å². The Labute approximate surface area is 470 Å². The number of aliphatic hydroxyl groups is 2. The fourth-order valence-electron chi connectivity index (χ4n) is 9.79. The third-order valence-corrected chi connectivity index (χ3v) is 14.7. The first kappa shape index (κ1) is 72.0. The average molecular weight is 1090 g/mol. The second kappa shape index (κ2) is 53.6. The van der Waals surface area contributed by atoms with Gasteiger partial charge in [-0.05, 0) is 57.8 Å². The predicted molar refractivity (Wildman–Crippen MR) is 313 cm³/mol. The van der Waals surface area contributed by atoms with E-state index in [9.17, 15) is 34.5 Å². The van der Waals surface area contributed by atoms with Gasteiger partial charge in [0.2, 0.25) is 0 Å². The van der Waals surface area contributed by atoms with Crippen LogP contribution in [0.4, 0.5) is 0 Å². The molecule has 0 aromatic heterocycles. The molecule has 12 nitrogen and oxygen atoms in total. The van der Waals surface area contributed by atoms with Gasteiger partial charge in [0.15, 0.2) is 24.6 Å². The van der Waals surface area contributed by atoms with Crippen molar-refractivity contribution in [2.45, 2.75) is 340 Å². The van der Waals surface area contributed by atoms with Crippen molar-refractivity contribution in [2.75, 3.05) is 13.2 Å². The Bertz CT molecular complexity index is 1480. The molecule has 1 rings (SSSR count). The number of allylic oxidation sites excluding steroid dienone is 6. The van der Waals surface area contributed by atoms with Crippen molar-refractivity contribution in [1.29, 1.82) is 0 Å². The summed E-state index contributed by atoms with van der Waals surface area (Å²) in [5.41, 5.74) is 0. The molecule has 1 aliphatic heterocycles. The number of aliphatic hydroxyl groups excluding tert-OH is 2. The third kappa shape index (κ3) is 43.4. The molecule has 0 radical (unpaired) electrons. The molecule has 6 unspecified atom stereocenters. The summed E-state index contributed by atoms with van der Waals surface area (Å²) in [7, 11) is 0. The van der Waals surface area contributed by atoms with Crippen LogP contribution in [0.2, 0.25) is 0 Å². The van der Waals surface area contributed by atoms with E-state index in [4.69, 9.17) is 23.7 Å². The summed E-state index contributed by atoms with van der Waals surface area (Å²) in [6.45, 7) is 5.98. The molecule has 1 aliphatic rings. The first-order valence-electron chi connectivity index (χ1n) is 32.0. The van der Waals surface area contributed by atoms with Crippen LogP contribution in [-0.2, 0) is 42.9 Å².